The number of aliphatic hydroxyl groups excluding tert-OH is 1. The predicted molar refractivity (Wildman–Crippen MR) is 162 cm³/mol. The summed E-state index contributed by atoms with van der Waals surface area (Å²) < 4.78 is 36.0. The molecule has 3 N–H and O–H groups in total. The van der Waals surface area contributed by atoms with Crippen molar-refractivity contribution in [2.75, 3.05) is 21.3 Å². The van der Waals surface area contributed by atoms with Gasteiger partial charge in [0.1, 0.15) is 24.4 Å². The summed E-state index contributed by atoms with van der Waals surface area (Å²) in [7, 11) is 4.87. The highest BCUT2D eigenvalue weighted by molar-refractivity contribution is 5.98. The molecule has 0 amide bonds. The molecule has 10 nitrogen and oxygen atoms in total. The first-order valence-corrected chi connectivity index (χ1v) is 16.8. The number of Topliss-reactive ketones (excluding diaryl/α,β-unsaturated/α-hetero) is 1. The third-order valence-corrected chi connectivity index (χ3v) is 11.8. The van der Waals surface area contributed by atoms with Gasteiger partial charge in [-0.2, -0.15) is 0 Å². The topological polar surface area (TPSA) is 136 Å². The molecular formula is C34H55NO9. The van der Waals surface area contributed by atoms with Crippen LogP contribution in [0.25, 0.3) is 0 Å². The van der Waals surface area contributed by atoms with Crippen molar-refractivity contribution < 1.29 is 43.1 Å². The summed E-state index contributed by atoms with van der Waals surface area (Å²) in [5.41, 5.74) is 7.55. The monoisotopic (exact) mass is 621 g/mol. The second kappa shape index (κ2) is 14.2. The Labute approximate surface area is 262 Å². The highest BCUT2D eigenvalue weighted by atomic mass is 16.7. The van der Waals surface area contributed by atoms with E-state index in [1.165, 1.54) is 0 Å². The number of nitrogens with two attached hydrogens (primary N) is 1. The number of ether oxygens (including phenoxy) is 6. The molecule has 0 spiro atoms. The first-order chi connectivity index (χ1) is 21.0. The Morgan fingerprint density at radius 2 is 1.66 bits per heavy atom. The second-order valence-electron chi connectivity index (χ2n) is 14.1. The fourth-order valence-electron chi connectivity index (χ4n) is 9.19. The van der Waals surface area contributed by atoms with Gasteiger partial charge in [0.05, 0.1) is 24.7 Å². The number of cyclic esters (lactones) is 1. The number of aliphatic hydroxyl groups is 1. The molecule has 0 aromatic carbocycles. The van der Waals surface area contributed by atoms with E-state index in [0.29, 0.717) is 18.4 Å². The van der Waals surface area contributed by atoms with Gasteiger partial charge in [0, 0.05) is 39.2 Å². The average Bonchev–Trinajstić information content (AvgIpc) is 3.59. The highest BCUT2D eigenvalue weighted by Gasteiger charge is 2.58. The van der Waals surface area contributed by atoms with Gasteiger partial charge in [-0.1, -0.05) is 26.8 Å². The average molecular weight is 622 g/mol. The Morgan fingerprint density at radius 3 is 2.32 bits per heavy atom. The number of ketones is 1. The van der Waals surface area contributed by atoms with Crippen LogP contribution in [0, 0.1) is 41.4 Å². The van der Waals surface area contributed by atoms with Gasteiger partial charge >= 0.3 is 5.97 Å². The Bertz CT molecular complexity index is 1050. The van der Waals surface area contributed by atoms with E-state index in [2.05, 4.69) is 13.0 Å². The highest BCUT2D eigenvalue weighted by Crippen LogP contribution is 2.56. The lowest BCUT2D eigenvalue weighted by Crippen LogP contribution is -2.59. The smallest absolute Gasteiger partial charge is 0.306 e. The van der Waals surface area contributed by atoms with Crippen molar-refractivity contribution in [2.45, 2.75) is 128 Å². The van der Waals surface area contributed by atoms with E-state index in [-0.39, 0.29) is 90.1 Å². The molecule has 2 saturated carbocycles. The standard InChI is InChI=1S/C34H55NO9/c1-8-19-11-9-10-16(2)17(3)29(37)25-14-22-21-12-20(44-34-33(41-7)32(40-6)31(39-5)18(4)42-34)13-24(21)30(38)28(35)27(22)23(25)15-26(36)43-19/h14,16-24,27-28,30-34,38H,8-13,15,35H2,1-7H3/t16-,17+,18?,19-,20-,21-,22-,23+,24+,27+,28+,30+,31-,32?,33?,34-/m0/s1. The summed E-state index contributed by atoms with van der Waals surface area (Å²) in [5, 5.41) is 11.6. The lowest BCUT2D eigenvalue weighted by atomic mass is 9.62. The number of carbonyl (C=O) groups is 2. The largest absolute Gasteiger partial charge is 0.462 e. The molecule has 5 aliphatic rings. The van der Waals surface area contributed by atoms with Crippen LogP contribution < -0.4 is 5.73 Å². The molecule has 250 valence electrons. The third kappa shape index (κ3) is 6.29. The van der Waals surface area contributed by atoms with Crippen molar-refractivity contribution in [3.05, 3.63) is 11.6 Å². The Morgan fingerprint density at radius 1 is 0.977 bits per heavy atom. The zero-order valence-corrected chi connectivity index (χ0v) is 27.6. The van der Waals surface area contributed by atoms with Crippen LogP contribution in [0.5, 0.6) is 0 Å². The first-order valence-electron chi connectivity index (χ1n) is 16.8. The lowest BCUT2D eigenvalue weighted by molar-refractivity contribution is -0.314. The van der Waals surface area contributed by atoms with Crippen molar-refractivity contribution in [1.82, 2.24) is 0 Å². The number of carbonyl (C=O) groups excluding carboxylic acids is 2. The van der Waals surface area contributed by atoms with Gasteiger partial charge in [-0.15, -0.1) is 0 Å². The maximum Gasteiger partial charge on any atom is 0.306 e. The summed E-state index contributed by atoms with van der Waals surface area (Å²) in [5.74, 6) is -0.777. The van der Waals surface area contributed by atoms with Gasteiger partial charge in [-0.25, -0.2) is 0 Å². The number of esters is 1. The summed E-state index contributed by atoms with van der Waals surface area (Å²) in [6.45, 7) is 8.14. The maximum atomic E-state index is 14.0. The molecule has 0 radical (unpaired) electrons. The molecule has 2 saturated heterocycles. The van der Waals surface area contributed by atoms with Crippen LogP contribution in [-0.4, -0.2) is 93.2 Å². The van der Waals surface area contributed by atoms with E-state index in [9.17, 15) is 14.7 Å². The van der Waals surface area contributed by atoms with Crippen LogP contribution in [0.3, 0.4) is 0 Å². The Hall–Kier alpha value is -1.40. The van der Waals surface area contributed by atoms with Gasteiger partial charge in [-0.3, -0.25) is 9.59 Å². The molecule has 16 atom stereocenters. The molecule has 0 bridgehead atoms. The number of allylic oxidation sites excluding steroid dienone is 2. The second-order valence-corrected chi connectivity index (χ2v) is 14.1. The molecule has 5 rings (SSSR count). The molecule has 2 heterocycles. The quantitative estimate of drug-likeness (QED) is 0.425. The van der Waals surface area contributed by atoms with Gasteiger partial charge < -0.3 is 39.3 Å². The van der Waals surface area contributed by atoms with Crippen molar-refractivity contribution in [1.29, 1.82) is 0 Å². The first kappa shape index (κ1) is 33.9. The van der Waals surface area contributed by atoms with Crippen molar-refractivity contribution in [3.8, 4) is 0 Å². The zero-order chi connectivity index (χ0) is 31.9. The summed E-state index contributed by atoms with van der Waals surface area (Å²) >= 11 is 0. The van der Waals surface area contributed by atoms with Crippen molar-refractivity contribution >= 4 is 11.8 Å². The van der Waals surface area contributed by atoms with E-state index >= 15 is 0 Å². The van der Waals surface area contributed by atoms with Crippen LogP contribution in [-0.2, 0) is 38.0 Å². The lowest BCUT2D eigenvalue weighted by Gasteiger charge is -2.45. The van der Waals surface area contributed by atoms with Gasteiger partial charge in [0.15, 0.2) is 12.1 Å². The zero-order valence-electron chi connectivity index (χ0n) is 27.6. The van der Waals surface area contributed by atoms with Crippen LogP contribution in [0.1, 0.15) is 72.6 Å². The van der Waals surface area contributed by atoms with Crippen LogP contribution in [0.2, 0.25) is 0 Å². The van der Waals surface area contributed by atoms with Crippen LogP contribution in [0.4, 0.5) is 0 Å². The molecule has 44 heavy (non-hydrogen) atoms. The van der Waals surface area contributed by atoms with E-state index in [0.717, 1.165) is 25.7 Å². The number of rotatable bonds is 6. The van der Waals surface area contributed by atoms with E-state index in [1.807, 2.05) is 20.8 Å². The number of fused-ring (bicyclic) bond motifs is 5. The van der Waals surface area contributed by atoms with E-state index in [1.54, 1.807) is 21.3 Å². The number of hydrogen-bond acceptors (Lipinski definition) is 10. The SMILES string of the molecule is CC[C@H]1CCC[C@H](C)[C@@H](C)C(=O)C2=C[C@H]3[C@@H]4C[C@H](O[C@@H]5OC(C)[C@H](OC)C(OC)C5OC)C[C@H]4[C@@H](O)[C@H](N)[C@H]3[C@@H]2CC(=O)O1. The minimum Gasteiger partial charge on any atom is -0.462 e. The van der Waals surface area contributed by atoms with Crippen molar-refractivity contribution in [3.63, 3.8) is 0 Å². The minimum atomic E-state index is -0.774. The molecular weight excluding hydrogens is 566 g/mol. The molecule has 10 heteroatoms. The maximum absolute atomic E-state index is 14.0. The summed E-state index contributed by atoms with van der Waals surface area (Å²) in [6.07, 6.45) is 3.73. The third-order valence-electron chi connectivity index (χ3n) is 11.8. The Kier molecular flexibility index (Phi) is 10.9. The fraction of sp³-hybridized carbons (Fsp3) is 0.882. The molecule has 3 unspecified atom stereocenters. The summed E-state index contributed by atoms with van der Waals surface area (Å²) in [6, 6.07) is -0.569. The van der Waals surface area contributed by atoms with Crippen LogP contribution in [0.15, 0.2) is 11.6 Å². The molecule has 3 aliphatic carbocycles. The Balaban J connectivity index is 1.40. The predicted octanol–water partition coefficient (Wildman–Crippen LogP) is 3.42. The molecule has 4 fully saturated rings. The molecule has 2 aliphatic heterocycles. The normalized spacial score (nSPS) is 48.3. The minimum absolute atomic E-state index is 0.0348. The van der Waals surface area contributed by atoms with Gasteiger partial charge in [-0.05, 0) is 80.6 Å². The number of hydrogen-bond donors (Lipinski definition) is 2. The fourth-order valence-corrected chi connectivity index (χ4v) is 9.19. The van der Waals surface area contributed by atoms with Gasteiger partial charge in [0.25, 0.3) is 0 Å². The van der Waals surface area contributed by atoms with E-state index < -0.39 is 24.5 Å². The van der Waals surface area contributed by atoms with Crippen LogP contribution >= 0.6 is 0 Å². The molecule has 0 aromatic heterocycles. The number of methoxy groups -OCH3 is 3. The molecule has 0 aromatic rings. The summed E-state index contributed by atoms with van der Waals surface area (Å²) in [4.78, 5) is 27.3. The van der Waals surface area contributed by atoms with Gasteiger partial charge in [0.2, 0.25) is 0 Å². The van der Waals surface area contributed by atoms with Crippen molar-refractivity contribution in [2.24, 2.45) is 47.2 Å². The van der Waals surface area contributed by atoms with E-state index in [4.69, 9.17) is 34.2 Å².